The zero-order valence-corrected chi connectivity index (χ0v) is 11.2. The molecule has 1 rings (SSSR count). The van der Waals surface area contributed by atoms with Crippen LogP contribution in [0.2, 0.25) is 0 Å². The Bertz CT molecular complexity index is 590. The van der Waals surface area contributed by atoms with Gasteiger partial charge in [-0.3, -0.25) is 19.6 Å². The highest BCUT2D eigenvalue weighted by Gasteiger charge is 2.25. The number of esters is 1. The number of aryl methyl sites for hydroxylation is 2. The molecule has 0 aliphatic heterocycles. The Balaban J connectivity index is 2.71. The van der Waals surface area contributed by atoms with E-state index in [1.54, 1.807) is 26.2 Å². The summed E-state index contributed by atoms with van der Waals surface area (Å²) in [5.41, 5.74) is 5.72. The number of carbonyl (C=O) groups excluding carboxylic acids is 4. The van der Waals surface area contributed by atoms with Gasteiger partial charge in [0.2, 0.25) is 0 Å². The van der Waals surface area contributed by atoms with Crippen LogP contribution in [0.4, 0.5) is 4.79 Å². The zero-order chi connectivity index (χ0) is 15.4. The number of nitrogens with zero attached hydrogens (tertiary/aromatic N) is 2. The van der Waals surface area contributed by atoms with Crippen molar-refractivity contribution in [2.45, 2.75) is 13.8 Å². The molecule has 9 nitrogen and oxygen atoms in total. The van der Waals surface area contributed by atoms with Crippen LogP contribution in [-0.4, -0.2) is 40.1 Å². The van der Waals surface area contributed by atoms with Crippen molar-refractivity contribution < 1.29 is 23.9 Å². The summed E-state index contributed by atoms with van der Waals surface area (Å²) in [6, 6.07) is -1.07. The van der Waals surface area contributed by atoms with Crippen LogP contribution in [0.15, 0.2) is 0 Å². The van der Waals surface area contributed by atoms with Crippen LogP contribution in [0.5, 0.6) is 0 Å². The minimum Gasteiger partial charge on any atom is -0.450 e. The molecule has 0 bridgehead atoms. The number of ether oxygens (including phenoxy) is 1. The average molecular weight is 282 g/mol. The molecule has 3 amide bonds. The zero-order valence-electron chi connectivity index (χ0n) is 11.2. The monoisotopic (exact) mass is 282 g/mol. The Kier molecular flexibility index (Phi) is 4.57. The third kappa shape index (κ3) is 3.40. The molecule has 0 aromatic carbocycles. The molecule has 0 atom stereocenters. The number of amides is 3. The predicted molar refractivity (Wildman–Crippen MR) is 65.7 cm³/mol. The topological polar surface area (TPSA) is 133 Å². The molecule has 1 aromatic rings. The second kappa shape index (κ2) is 5.95. The second-order valence-electron chi connectivity index (χ2n) is 3.99. The molecule has 0 spiro atoms. The Morgan fingerprint density at radius 3 is 2.35 bits per heavy atom. The van der Waals surface area contributed by atoms with E-state index in [1.165, 1.54) is 4.68 Å². The molecule has 0 fully saturated rings. The smallest absolute Gasteiger partial charge is 0.380 e. The molecule has 108 valence electrons. The van der Waals surface area contributed by atoms with Crippen LogP contribution in [0.1, 0.15) is 21.7 Å². The van der Waals surface area contributed by atoms with E-state index in [9.17, 15) is 19.2 Å². The number of urea groups is 1. The quantitative estimate of drug-likeness (QED) is 0.411. The number of ketones is 1. The van der Waals surface area contributed by atoms with Crippen LogP contribution in [0.3, 0.4) is 0 Å². The maximum atomic E-state index is 11.9. The number of hydrogen-bond acceptors (Lipinski definition) is 6. The highest BCUT2D eigenvalue weighted by Crippen LogP contribution is 2.13. The third-order valence-electron chi connectivity index (χ3n) is 2.52. The molecule has 0 aliphatic rings. The highest BCUT2D eigenvalue weighted by molar-refractivity contribution is 6.41. The summed E-state index contributed by atoms with van der Waals surface area (Å²) in [5.74, 6) is -3.03. The van der Waals surface area contributed by atoms with Crippen molar-refractivity contribution in [1.29, 1.82) is 0 Å². The molecule has 0 unspecified atom stereocenters. The summed E-state index contributed by atoms with van der Waals surface area (Å²) in [6.07, 6.45) is 0. The van der Waals surface area contributed by atoms with Crippen molar-refractivity contribution in [1.82, 2.24) is 15.1 Å². The molecule has 9 heteroatoms. The summed E-state index contributed by atoms with van der Waals surface area (Å²) in [6.45, 7) is 2.43. The van der Waals surface area contributed by atoms with E-state index >= 15 is 0 Å². The van der Waals surface area contributed by atoms with Gasteiger partial charge in [0, 0.05) is 12.7 Å². The van der Waals surface area contributed by atoms with Gasteiger partial charge in [0.25, 0.3) is 11.7 Å². The van der Waals surface area contributed by atoms with Gasteiger partial charge in [0.1, 0.15) is 0 Å². The van der Waals surface area contributed by atoms with Gasteiger partial charge in [-0.25, -0.2) is 9.59 Å². The molecule has 0 radical (unpaired) electrons. The molecular weight excluding hydrogens is 268 g/mol. The number of Topliss-reactive ketones (excluding diaryl/α,β-unsaturated/α-hetero) is 1. The molecular formula is C11H14N4O5. The molecule has 20 heavy (non-hydrogen) atoms. The van der Waals surface area contributed by atoms with Crippen molar-refractivity contribution >= 4 is 23.7 Å². The van der Waals surface area contributed by atoms with Gasteiger partial charge in [0.15, 0.2) is 6.61 Å². The van der Waals surface area contributed by atoms with E-state index in [-0.39, 0.29) is 5.56 Å². The predicted octanol–water partition coefficient (Wildman–Crippen LogP) is -1.04. The van der Waals surface area contributed by atoms with Crippen LogP contribution in [-0.2, 0) is 21.4 Å². The maximum absolute atomic E-state index is 11.9. The second-order valence-corrected chi connectivity index (χ2v) is 3.99. The Hall–Kier alpha value is -2.71. The molecule has 0 aliphatic carbocycles. The van der Waals surface area contributed by atoms with Gasteiger partial charge in [-0.15, -0.1) is 0 Å². The van der Waals surface area contributed by atoms with E-state index in [2.05, 4.69) is 9.84 Å². The van der Waals surface area contributed by atoms with Gasteiger partial charge in [-0.2, -0.15) is 5.10 Å². The normalized spacial score (nSPS) is 9.95. The van der Waals surface area contributed by atoms with E-state index in [0.29, 0.717) is 11.4 Å². The molecule has 1 aromatic heterocycles. The third-order valence-corrected chi connectivity index (χ3v) is 2.52. The van der Waals surface area contributed by atoms with E-state index in [0.717, 1.165) is 0 Å². The highest BCUT2D eigenvalue weighted by atomic mass is 16.5. The molecule has 3 N–H and O–H groups in total. The van der Waals surface area contributed by atoms with Gasteiger partial charge in [-0.1, -0.05) is 0 Å². The van der Waals surface area contributed by atoms with Crippen molar-refractivity contribution in [2.75, 3.05) is 6.61 Å². The van der Waals surface area contributed by atoms with E-state index in [1.807, 2.05) is 0 Å². The largest absolute Gasteiger partial charge is 0.450 e. The number of imide groups is 1. The van der Waals surface area contributed by atoms with Crippen LogP contribution in [0.25, 0.3) is 0 Å². The van der Waals surface area contributed by atoms with Crippen molar-refractivity contribution in [3.05, 3.63) is 17.0 Å². The first-order chi connectivity index (χ1) is 9.23. The SMILES string of the molecule is Cc1nn(C)c(C)c1C(=O)C(=O)OCC(=O)NC(N)=O. The van der Waals surface area contributed by atoms with Crippen LogP contribution < -0.4 is 11.1 Å². The first-order valence-electron chi connectivity index (χ1n) is 5.55. The molecule has 1 heterocycles. The van der Waals surface area contributed by atoms with E-state index < -0.39 is 30.3 Å². The Labute approximate surface area is 114 Å². The summed E-state index contributed by atoms with van der Waals surface area (Å²) in [5, 5.41) is 5.69. The average Bonchev–Trinajstić information content (AvgIpc) is 2.58. The van der Waals surface area contributed by atoms with Crippen molar-refractivity contribution in [3.8, 4) is 0 Å². The fraction of sp³-hybridized carbons (Fsp3) is 0.364. The van der Waals surface area contributed by atoms with Crippen molar-refractivity contribution in [3.63, 3.8) is 0 Å². The number of nitrogens with one attached hydrogen (secondary N) is 1. The Morgan fingerprint density at radius 1 is 1.30 bits per heavy atom. The number of aromatic nitrogens is 2. The fourth-order valence-corrected chi connectivity index (χ4v) is 1.57. The standard InChI is InChI=1S/C11H14N4O5/c1-5-8(6(2)15(3)14-5)9(17)10(18)20-4-7(16)13-11(12)19/h4H2,1-3H3,(H3,12,13,16,19). The van der Waals surface area contributed by atoms with E-state index in [4.69, 9.17) is 5.73 Å². The van der Waals surface area contributed by atoms with Crippen molar-refractivity contribution in [2.24, 2.45) is 12.8 Å². The van der Waals surface area contributed by atoms with Gasteiger partial charge in [0.05, 0.1) is 11.3 Å². The lowest BCUT2D eigenvalue weighted by Gasteiger charge is -2.04. The van der Waals surface area contributed by atoms with Crippen LogP contribution >= 0.6 is 0 Å². The number of nitrogens with two attached hydrogens (primary N) is 1. The maximum Gasteiger partial charge on any atom is 0.380 e. The van der Waals surface area contributed by atoms with Crippen LogP contribution in [0, 0.1) is 13.8 Å². The first kappa shape index (κ1) is 15.3. The number of hydrogen-bond donors (Lipinski definition) is 2. The summed E-state index contributed by atoms with van der Waals surface area (Å²) in [4.78, 5) is 44.8. The minimum absolute atomic E-state index is 0.132. The number of carbonyl (C=O) groups is 4. The van der Waals surface area contributed by atoms with Gasteiger partial charge >= 0.3 is 12.0 Å². The van der Waals surface area contributed by atoms with Gasteiger partial charge < -0.3 is 10.5 Å². The minimum atomic E-state index is -1.20. The summed E-state index contributed by atoms with van der Waals surface area (Å²) >= 11 is 0. The van der Waals surface area contributed by atoms with Gasteiger partial charge in [-0.05, 0) is 13.8 Å². The first-order valence-corrected chi connectivity index (χ1v) is 5.55. The number of primary amides is 1. The lowest BCUT2D eigenvalue weighted by atomic mass is 10.1. The molecule has 0 saturated carbocycles. The lowest BCUT2D eigenvalue weighted by Crippen LogP contribution is -2.38. The summed E-state index contributed by atoms with van der Waals surface area (Å²) < 4.78 is 5.95. The Morgan fingerprint density at radius 2 is 1.90 bits per heavy atom. The fourth-order valence-electron chi connectivity index (χ4n) is 1.57. The number of rotatable bonds is 4. The summed E-state index contributed by atoms with van der Waals surface area (Å²) in [7, 11) is 1.63. The lowest BCUT2D eigenvalue weighted by molar-refractivity contribution is -0.143. The molecule has 0 saturated heterocycles.